The second-order valence-corrected chi connectivity index (χ2v) is 6.63. The minimum atomic E-state index is -0.967. The van der Waals surface area contributed by atoms with Gasteiger partial charge in [0.1, 0.15) is 5.60 Å². The molecule has 1 aliphatic heterocycles. The van der Waals surface area contributed by atoms with Gasteiger partial charge >= 0.3 is 0 Å². The van der Waals surface area contributed by atoms with Gasteiger partial charge in [0, 0.05) is 18.7 Å². The summed E-state index contributed by atoms with van der Waals surface area (Å²) in [5.74, 6) is 0.396. The molecule has 2 aromatic heterocycles. The highest BCUT2D eigenvalue weighted by atomic mass is 16.3. The number of amides is 1. The van der Waals surface area contributed by atoms with E-state index < -0.39 is 5.60 Å². The number of nitrogens with zero attached hydrogens (tertiary/aromatic N) is 5. The van der Waals surface area contributed by atoms with Crippen LogP contribution in [0.15, 0.2) is 18.6 Å². The molecule has 1 saturated heterocycles. The van der Waals surface area contributed by atoms with Crippen molar-refractivity contribution in [2.45, 2.75) is 43.7 Å². The molecule has 2 aromatic rings. The monoisotopic (exact) mass is 316 g/mol. The standard InChI is InChI=1S/C15H20N6O2/c22-14(12-8-17-18-13(12)11-2-3-11)20-6-1-4-15(23,9-20)10-21-7-5-16-19-21/h5,7-8,11,23H,1-4,6,9-10H2,(H,17,18). The number of piperidine rings is 1. The Labute approximate surface area is 133 Å². The highest BCUT2D eigenvalue weighted by molar-refractivity contribution is 5.95. The van der Waals surface area contributed by atoms with E-state index in [0.717, 1.165) is 25.0 Å². The fraction of sp³-hybridized carbons (Fsp3) is 0.600. The van der Waals surface area contributed by atoms with Crippen LogP contribution in [0.3, 0.4) is 0 Å². The summed E-state index contributed by atoms with van der Waals surface area (Å²) in [5.41, 5.74) is 0.628. The van der Waals surface area contributed by atoms with Crippen LogP contribution in [0.25, 0.3) is 0 Å². The summed E-state index contributed by atoms with van der Waals surface area (Å²) in [6, 6.07) is 0. The summed E-state index contributed by atoms with van der Waals surface area (Å²) >= 11 is 0. The summed E-state index contributed by atoms with van der Waals surface area (Å²) in [7, 11) is 0. The first-order valence-electron chi connectivity index (χ1n) is 8.04. The minimum Gasteiger partial charge on any atom is -0.386 e. The highest BCUT2D eigenvalue weighted by Gasteiger charge is 2.38. The van der Waals surface area contributed by atoms with Crippen LogP contribution in [0.1, 0.15) is 47.7 Å². The van der Waals surface area contributed by atoms with Crippen molar-refractivity contribution in [2.75, 3.05) is 13.1 Å². The third-order valence-electron chi connectivity index (χ3n) is 4.66. The Balaban J connectivity index is 1.50. The number of nitrogens with one attached hydrogen (secondary N) is 1. The quantitative estimate of drug-likeness (QED) is 0.858. The fourth-order valence-corrected chi connectivity index (χ4v) is 3.35. The number of aliphatic hydroxyl groups is 1. The predicted octanol–water partition coefficient (Wildman–Crippen LogP) is 0.546. The van der Waals surface area contributed by atoms with Crippen molar-refractivity contribution in [1.29, 1.82) is 0 Å². The minimum absolute atomic E-state index is 0.0441. The number of aromatic amines is 1. The van der Waals surface area contributed by atoms with Gasteiger partial charge in [0.15, 0.2) is 0 Å². The Hall–Kier alpha value is -2.22. The van der Waals surface area contributed by atoms with Crippen LogP contribution < -0.4 is 0 Å². The molecule has 0 spiro atoms. The molecule has 8 heteroatoms. The van der Waals surface area contributed by atoms with Gasteiger partial charge < -0.3 is 10.0 Å². The molecule has 2 fully saturated rings. The van der Waals surface area contributed by atoms with Gasteiger partial charge in [-0.2, -0.15) is 5.10 Å². The largest absolute Gasteiger partial charge is 0.386 e. The number of aromatic nitrogens is 5. The maximum absolute atomic E-state index is 12.8. The van der Waals surface area contributed by atoms with Crippen molar-refractivity contribution < 1.29 is 9.90 Å². The number of H-pyrrole nitrogens is 1. The lowest BCUT2D eigenvalue weighted by molar-refractivity contribution is -0.0387. The Morgan fingerprint density at radius 3 is 3.09 bits per heavy atom. The molecule has 1 atom stereocenters. The molecule has 0 radical (unpaired) electrons. The summed E-state index contributed by atoms with van der Waals surface area (Å²) in [6.07, 6.45) is 8.56. The maximum Gasteiger partial charge on any atom is 0.257 e. The Morgan fingerprint density at radius 1 is 1.48 bits per heavy atom. The predicted molar refractivity (Wildman–Crippen MR) is 80.7 cm³/mol. The van der Waals surface area contributed by atoms with E-state index in [9.17, 15) is 9.90 Å². The van der Waals surface area contributed by atoms with Gasteiger partial charge in [-0.25, -0.2) is 4.68 Å². The van der Waals surface area contributed by atoms with E-state index in [1.54, 1.807) is 28.2 Å². The average molecular weight is 316 g/mol. The van der Waals surface area contributed by atoms with Crippen molar-refractivity contribution >= 4 is 5.91 Å². The number of hydrogen-bond donors (Lipinski definition) is 2. The van der Waals surface area contributed by atoms with Crippen molar-refractivity contribution in [3.8, 4) is 0 Å². The zero-order valence-electron chi connectivity index (χ0n) is 12.9. The van der Waals surface area contributed by atoms with Crippen LogP contribution in [0, 0.1) is 0 Å². The molecule has 3 heterocycles. The molecule has 1 aliphatic carbocycles. The van der Waals surface area contributed by atoms with E-state index in [-0.39, 0.29) is 5.91 Å². The molecule has 1 saturated carbocycles. The normalized spacial score (nSPS) is 24.8. The zero-order valence-corrected chi connectivity index (χ0v) is 12.9. The van der Waals surface area contributed by atoms with E-state index in [0.29, 0.717) is 37.5 Å². The maximum atomic E-state index is 12.8. The van der Waals surface area contributed by atoms with Gasteiger partial charge in [-0.3, -0.25) is 9.89 Å². The van der Waals surface area contributed by atoms with Crippen molar-refractivity contribution in [1.82, 2.24) is 30.1 Å². The van der Waals surface area contributed by atoms with E-state index in [4.69, 9.17) is 0 Å². The molecule has 1 amide bonds. The average Bonchev–Trinajstić information content (AvgIpc) is 3.05. The van der Waals surface area contributed by atoms with Crippen LogP contribution in [0.5, 0.6) is 0 Å². The van der Waals surface area contributed by atoms with Gasteiger partial charge in [-0.05, 0) is 25.7 Å². The third-order valence-corrected chi connectivity index (χ3v) is 4.66. The fourth-order valence-electron chi connectivity index (χ4n) is 3.35. The van der Waals surface area contributed by atoms with Crippen LogP contribution >= 0.6 is 0 Å². The molecule has 2 aliphatic rings. The molecule has 0 aromatic carbocycles. The number of rotatable bonds is 4. The number of hydrogen-bond acceptors (Lipinski definition) is 5. The van der Waals surface area contributed by atoms with Crippen molar-refractivity contribution in [3.63, 3.8) is 0 Å². The molecule has 0 bridgehead atoms. The number of carbonyl (C=O) groups is 1. The van der Waals surface area contributed by atoms with Crippen LogP contribution in [0.4, 0.5) is 0 Å². The summed E-state index contributed by atoms with van der Waals surface area (Å²) < 4.78 is 1.61. The Bertz CT molecular complexity index is 693. The zero-order chi connectivity index (χ0) is 15.9. The summed E-state index contributed by atoms with van der Waals surface area (Å²) in [6.45, 7) is 1.31. The van der Waals surface area contributed by atoms with Gasteiger partial charge in [0.2, 0.25) is 0 Å². The SMILES string of the molecule is O=C(c1cn[nH]c1C1CC1)N1CCCC(O)(Cn2ccnn2)C1. The van der Waals surface area contributed by atoms with Gasteiger partial charge in [-0.1, -0.05) is 5.21 Å². The number of likely N-dealkylation sites (tertiary alicyclic amines) is 1. The molecule has 23 heavy (non-hydrogen) atoms. The van der Waals surface area contributed by atoms with E-state index >= 15 is 0 Å². The third kappa shape index (κ3) is 2.86. The Morgan fingerprint density at radius 2 is 2.35 bits per heavy atom. The van der Waals surface area contributed by atoms with Crippen LogP contribution in [-0.4, -0.2) is 59.8 Å². The van der Waals surface area contributed by atoms with E-state index in [1.807, 2.05) is 0 Å². The highest BCUT2D eigenvalue weighted by Crippen LogP contribution is 2.40. The topological polar surface area (TPSA) is 99.9 Å². The smallest absolute Gasteiger partial charge is 0.257 e. The lowest BCUT2D eigenvalue weighted by Gasteiger charge is -2.39. The second kappa shape index (κ2) is 5.45. The number of β-amino-alcohol motifs (C(OH)–C–C–N with tert-alkyl or cyclic N) is 1. The van der Waals surface area contributed by atoms with Gasteiger partial charge in [-0.15, -0.1) is 5.10 Å². The Kier molecular flexibility index (Phi) is 3.41. The van der Waals surface area contributed by atoms with Crippen LogP contribution in [-0.2, 0) is 6.54 Å². The molecular weight excluding hydrogens is 296 g/mol. The first kappa shape index (κ1) is 14.4. The van der Waals surface area contributed by atoms with Gasteiger partial charge in [0.05, 0.1) is 36.7 Å². The number of carbonyl (C=O) groups excluding carboxylic acids is 1. The van der Waals surface area contributed by atoms with E-state index in [2.05, 4.69) is 20.5 Å². The molecule has 4 rings (SSSR count). The summed E-state index contributed by atoms with van der Waals surface area (Å²) in [5, 5.41) is 25.5. The first-order valence-corrected chi connectivity index (χ1v) is 8.04. The van der Waals surface area contributed by atoms with Crippen LogP contribution in [0.2, 0.25) is 0 Å². The van der Waals surface area contributed by atoms with E-state index in [1.165, 1.54) is 0 Å². The summed E-state index contributed by atoms with van der Waals surface area (Å²) in [4.78, 5) is 14.6. The first-order chi connectivity index (χ1) is 11.1. The second-order valence-electron chi connectivity index (χ2n) is 6.63. The molecular formula is C15H20N6O2. The lowest BCUT2D eigenvalue weighted by Crippen LogP contribution is -2.52. The molecule has 1 unspecified atom stereocenters. The molecule has 122 valence electrons. The lowest BCUT2D eigenvalue weighted by atomic mass is 9.92. The molecule has 8 nitrogen and oxygen atoms in total. The molecule has 2 N–H and O–H groups in total. The van der Waals surface area contributed by atoms with Gasteiger partial charge in [0.25, 0.3) is 5.91 Å². The van der Waals surface area contributed by atoms with Crippen molar-refractivity contribution in [3.05, 3.63) is 29.8 Å². The van der Waals surface area contributed by atoms with Crippen molar-refractivity contribution in [2.24, 2.45) is 0 Å².